The molecule has 5 heteroatoms. The van der Waals surface area contributed by atoms with E-state index in [1.807, 2.05) is 24.1 Å². The number of amides is 1. The van der Waals surface area contributed by atoms with Crippen molar-refractivity contribution in [3.63, 3.8) is 0 Å². The molecule has 8 unspecified atom stereocenters. The van der Waals surface area contributed by atoms with Crippen molar-refractivity contribution >= 4 is 6.09 Å². The van der Waals surface area contributed by atoms with Crippen molar-refractivity contribution in [3.8, 4) is 5.88 Å². The molecular weight excluding hydrogens is 422 g/mol. The summed E-state index contributed by atoms with van der Waals surface area (Å²) in [4.78, 5) is 21.4. The van der Waals surface area contributed by atoms with E-state index in [0.717, 1.165) is 42.6 Å². The first-order valence-corrected chi connectivity index (χ1v) is 13.6. The number of rotatable bonds is 2. The fourth-order valence-corrected chi connectivity index (χ4v) is 9.49. The molecule has 1 aromatic heterocycles. The molecule has 0 N–H and O–H groups in total. The maximum Gasteiger partial charge on any atom is 0.416 e. The van der Waals surface area contributed by atoms with E-state index < -0.39 is 0 Å². The molecule has 4 fully saturated rings. The first-order valence-electron chi connectivity index (χ1n) is 13.6. The van der Waals surface area contributed by atoms with Crippen LogP contribution in [0.4, 0.5) is 4.79 Å². The predicted molar refractivity (Wildman–Crippen MR) is 133 cm³/mol. The molecule has 2 heterocycles. The molecule has 1 saturated heterocycles. The normalized spacial score (nSPS) is 43.2. The Morgan fingerprint density at radius 3 is 2.76 bits per heavy atom. The molecule has 1 spiro atoms. The molecule has 5 nitrogen and oxygen atoms in total. The predicted octanol–water partition coefficient (Wildman–Crippen LogP) is 5.77. The van der Waals surface area contributed by atoms with Gasteiger partial charge in [-0.25, -0.2) is 9.78 Å². The van der Waals surface area contributed by atoms with Crippen LogP contribution in [0.15, 0.2) is 36.0 Å². The summed E-state index contributed by atoms with van der Waals surface area (Å²) in [6.45, 7) is 6.36. The molecule has 6 rings (SSSR count). The van der Waals surface area contributed by atoms with Gasteiger partial charge in [0, 0.05) is 37.9 Å². The van der Waals surface area contributed by atoms with Crippen LogP contribution in [0.3, 0.4) is 0 Å². The summed E-state index contributed by atoms with van der Waals surface area (Å²) in [6, 6.07) is 6.37. The van der Waals surface area contributed by atoms with Gasteiger partial charge in [-0.1, -0.05) is 24.6 Å². The topological polar surface area (TPSA) is 45.7 Å². The minimum absolute atomic E-state index is 0.210. The van der Waals surface area contributed by atoms with Gasteiger partial charge in [0.05, 0.1) is 0 Å². The van der Waals surface area contributed by atoms with Crippen molar-refractivity contribution in [2.24, 2.45) is 34.5 Å². The number of pyridine rings is 1. The quantitative estimate of drug-likeness (QED) is 0.522. The zero-order valence-corrected chi connectivity index (χ0v) is 21.4. The number of carbonyl (C=O) groups is 1. The fraction of sp³-hybridized carbons (Fsp3) is 0.724. The van der Waals surface area contributed by atoms with E-state index in [9.17, 15) is 4.79 Å². The summed E-state index contributed by atoms with van der Waals surface area (Å²) in [7, 11) is 4.25. The van der Waals surface area contributed by atoms with Gasteiger partial charge in [0.25, 0.3) is 0 Å². The van der Waals surface area contributed by atoms with E-state index in [0.29, 0.717) is 16.7 Å². The van der Waals surface area contributed by atoms with Crippen molar-refractivity contribution in [1.29, 1.82) is 0 Å². The second-order valence-corrected chi connectivity index (χ2v) is 12.4. The number of nitrogens with zero attached hydrogens (tertiary/aromatic N) is 3. The average Bonchev–Trinajstić information content (AvgIpc) is 3.32. The Labute approximate surface area is 204 Å². The van der Waals surface area contributed by atoms with Crippen molar-refractivity contribution in [3.05, 3.63) is 36.0 Å². The smallest absolute Gasteiger partial charge is 0.391 e. The molecule has 34 heavy (non-hydrogen) atoms. The Kier molecular flexibility index (Phi) is 5.36. The molecule has 5 aliphatic rings. The van der Waals surface area contributed by atoms with Crippen molar-refractivity contribution in [2.75, 3.05) is 20.6 Å². The van der Waals surface area contributed by atoms with E-state index in [1.165, 1.54) is 45.1 Å². The van der Waals surface area contributed by atoms with Gasteiger partial charge < -0.3 is 14.5 Å². The second-order valence-electron chi connectivity index (χ2n) is 12.4. The molecule has 1 aromatic rings. The van der Waals surface area contributed by atoms with E-state index >= 15 is 0 Å². The lowest BCUT2D eigenvalue weighted by Crippen LogP contribution is -2.53. The standard InChI is InChI=1S/C29H41N3O2/c1-19-23-10-11-25-22-9-8-20-17-21(32(4)27(33)34-26-7-5-6-16-30-26)12-14-28(20,2)24(22)13-15-29(23,25)18-31(19)3/h5-8,16,19,21-25H,9-15,17-18H2,1-4H3. The first-order chi connectivity index (χ1) is 16.3. The van der Waals surface area contributed by atoms with Crippen LogP contribution in [0.2, 0.25) is 0 Å². The summed E-state index contributed by atoms with van der Waals surface area (Å²) in [5.41, 5.74) is 2.51. The average molecular weight is 464 g/mol. The van der Waals surface area contributed by atoms with Crippen LogP contribution in [-0.2, 0) is 0 Å². The van der Waals surface area contributed by atoms with Crippen molar-refractivity contribution in [1.82, 2.24) is 14.8 Å². The number of allylic oxidation sites excluding steroid dienone is 1. The third-order valence-corrected chi connectivity index (χ3v) is 11.3. The molecular formula is C29H41N3O2. The number of likely N-dealkylation sites (tertiary alicyclic amines) is 1. The minimum Gasteiger partial charge on any atom is -0.391 e. The van der Waals surface area contributed by atoms with Crippen molar-refractivity contribution in [2.45, 2.75) is 77.3 Å². The van der Waals surface area contributed by atoms with Crippen LogP contribution in [0.5, 0.6) is 5.88 Å². The summed E-state index contributed by atoms with van der Waals surface area (Å²) >= 11 is 0. The third-order valence-electron chi connectivity index (χ3n) is 11.3. The molecule has 0 radical (unpaired) electrons. The highest BCUT2D eigenvalue weighted by atomic mass is 16.6. The number of carbonyl (C=O) groups excluding carboxylic acids is 1. The zero-order valence-electron chi connectivity index (χ0n) is 21.4. The van der Waals surface area contributed by atoms with E-state index in [4.69, 9.17) is 4.74 Å². The zero-order chi connectivity index (χ0) is 23.7. The fourth-order valence-electron chi connectivity index (χ4n) is 9.49. The number of fused-ring (bicyclic) bond motifs is 4. The van der Waals surface area contributed by atoms with Gasteiger partial charge in [-0.3, -0.25) is 0 Å². The third kappa shape index (κ3) is 3.22. The molecule has 1 amide bonds. The number of hydrogen-bond donors (Lipinski definition) is 0. The van der Waals surface area contributed by atoms with Gasteiger partial charge in [-0.2, -0.15) is 0 Å². The van der Waals surface area contributed by atoms with Crippen LogP contribution in [0, 0.1) is 34.5 Å². The lowest BCUT2D eigenvalue weighted by Gasteiger charge is -2.58. The SMILES string of the molecule is CC1C2CCC3C4CC=C5CC(N(C)C(=O)Oc6ccccn6)CCC5(C)C4CCC32CN1C. The van der Waals surface area contributed by atoms with Crippen LogP contribution in [0.25, 0.3) is 0 Å². The molecule has 3 saturated carbocycles. The first kappa shape index (κ1) is 22.6. The molecule has 1 aliphatic heterocycles. The van der Waals surface area contributed by atoms with Crippen LogP contribution in [-0.4, -0.2) is 53.6 Å². The second kappa shape index (κ2) is 8.08. The lowest BCUT2D eigenvalue weighted by atomic mass is 9.47. The molecule has 0 aromatic carbocycles. The van der Waals surface area contributed by atoms with Gasteiger partial charge in [0.15, 0.2) is 0 Å². The van der Waals surface area contributed by atoms with Gasteiger partial charge in [-0.05, 0) is 106 Å². The minimum atomic E-state index is -0.294. The maximum atomic E-state index is 12.8. The number of aromatic nitrogens is 1. The van der Waals surface area contributed by atoms with Crippen molar-refractivity contribution < 1.29 is 9.53 Å². The molecule has 8 atom stereocenters. The monoisotopic (exact) mass is 463 g/mol. The van der Waals surface area contributed by atoms with E-state index in [1.54, 1.807) is 17.8 Å². The van der Waals surface area contributed by atoms with Gasteiger partial charge in [-0.15, -0.1) is 0 Å². The highest BCUT2D eigenvalue weighted by molar-refractivity contribution is 5.70. The Morgan fingerprint density at radius 2 is 1.97 bits per heavy atom. The largest absolute Gasteiger partial charge is 0.416 e. The van der Waals surface area contributed by atoms with E-state index in [-0.39, 0.29) is 12.1 Å². The Hall–Kier alpha value is -1.88. The molecule has 4 aliphatic carbocycles. The van der Waals surface area contributed by atoms with Crippen LogP contribution < -0.4 is 4.74 Å². The summed E-state index contributed by atoms with van der Waals surface area (Å²) in [5, 5.41) is 0. The van der Waals surface area contributed by atoms with E-state index in [2.05, 4.69) is 36.9 Å². The highest BCUT2D eigenvalue weighted by Crippen LogP contribution is 2.68. The van der Waals surface area contributed by atoms with Gasteiger partial charge in [0.2, 0.25) is 5.88 Å². The van der Waals surface area contributed by atoms with Crippen LogP contribution in [0.1, 0.15) is 65.2 Å². The number of ether oxygens (including phenoxy) is 1. The summed E-state index contributed by atoms with van der Waals surface area (Å²) < 4.78 is 5.53. The summed E-state index contributed by atoms with van der Waals surface area (Å²) in [6.07, 6.45) is 14.2. The lowest BCUT2D eigenvalue weighted by molar-refractivity contribution is -0.0430. The molecule has 0 bridgehead atoms. The number of hydrogen-bond acceptors (Lipinski definition) is 4. The Balaban J connectivity index is 1.18. The van der Waals surface area contributed by atoms with Gasteiger partial charge in [0.1, 0.15) is 0 Å². The highest BCUT2D eigenvalue weighted by Gasteiger charge is 2.64. The Morgan fingerprint density at radius 1 is 1.15 bits per heavy atom. The Bertz CT molecular complexity index is 979. The molecule has 184 valence electrons. The van der Waals surface area contributed by atoms with Crippen LogP contribution >= 0.6 is 0 Å². The van der Waals surface area contributed by atoms with Gasteiger partial charge >= 0.3 is 6.09 Å². The maximum absolute atomic E-state index is 12.8. The summed E-state index contributed by atoms with van der Waals surface area (Å²) in [5.74, 6) is 3.87.